The summed E-state index contributed by atoms with van der Waals surface area (Å²) in [5.41, 5.74) is 0.197. The molecule has 0 bridgehead atoms. The minimum Gasteiger partial charge on any atom is -0.367 e. The molecule has 1 nitrogen and oxygen atoms in total. The predicted octanol–water partition coefficient (Wildman–Crippen LogP) is 3.52. The molecule has 14 heavy (non-hydrogen) atoms. The van der Waals surface area contributed by atoms with E-state index in [4.69, 9.17) is 4.74 Å². The Bertz CT molecular complexity index is 244. The van der Waals surface area contributed by atoms with Crippen LogP contribution in [0.15, 0.2) is 11.3 Å². The lowest BCUT2D eigenvalue weighted by atomic mass is 9.85. The summed E-state index contributed by atoms with van der Waals surface area (Å²) >= 11 is 0. The molecule has 0 atom stereocenters. The lowest BCUT2D eigenvalue weighted by molar-refractivity contribution is -0.00624. The highest BCUT2D eigenvalue weighted by Gasteiger charge is 2.44. The molecule has 1 heterocycles. The molecular weight excluding hydrogens is 188 g/mol. The van der Waals surface area contributed by atoms with E-state index in [1.165, 1.54) is 32.1 Å². The molecule has 0 aromatic carbocycles. The quantitative estimate of drug-likeness (QED) is 0.602. The van der Waals surface area contributed by atoms with Gasteiger partial charge < -0.3 is 4.74 Å². The van der Waals surface area contributed by atoms with Crippen LogP contribution in [0.2, 0.25) is 19.6 Å². The fourth-order valence-corrected chi connectivity index (χ4v) is 5.46. The zero-order chi connectivity index (χ0) is 10.2. The molecule has 1 spiro atoms. The first-order chi connectivity index (χ1) is 6.55. The molecule has 0 amide bonds. The molecule has 80 valence electrons. The minimum atomic E-state index is -1.15. The molecule has 1 saturated carbocycles. The van der Waals surface area contributed by atoms with Gasteiger partial charge in [0, 0.05) is 0 Å². The van der Waals surface area contributed by atoms with Crippen molar-refractivity contribution in [3.05, 3.63) is 11.3 Å². The molecule has 0 aromatic heterocycles. The number of hydrogen-bond acceptors (Lipinski definition) is 1. The van der Waals surface area contributed by atoms with Crippen LogP contribution in [0, 0.1) is 0 Å². The van der Waals surface area contributed by atoms with E-state index in [1.807, 2.05) is 0 Å². The topological polar surface area (TPSA) is 9.23 Å². The van der Waals surface area contributed by atoms with Crippen LogP contribution in [0.1, 0.15) is 32.1 Å². The van der Waals surface area contributed by atoms with Crippen molar-refractivity contribution in [2.24, 2.45) is 0 Å². The summed E-state index contributed by atoms with van der Waals surface area (Å²) in [7, 11) is -1.15. The van der Waals surface area contributed by atoms with Crippen molar-refractivity contribution in [2.45, 2.75) is 57.3 Å². The van der Waals surface area contributed by atoms with Crippen LogP contribution >= 0.6 is 0 Å². The molecular formula is C12H22OSi. The first-order valence-corrected chi connectivity index (χ1v) is 9.40. The molecule has 2 aliphatic rings. The summed E-state index contributed by atoms with van der Waals surface area (Å²) in [5, 5.41) is 1.70. The van der Waals surface area contributed by atoms with Gasteiger partial charge in [-0.2, -0.15) is 0 Å². The third-order valence-corrected chi connectivity index (χ3v) is 5.88. The fourth-order valence-electron chi connectivity index (χ4n) is 3.07. The summed E-state index contributed by atoms with van der Waals surface area (Å²) in [5.74, 6) is 0. The largest absolute Gasteiger partial charge is 0.367 e. The van der Waals surface area contributed by atoms with Crippen LogP contribution < -0.4 is 0 Å². The third kappa shape index (κ3) is 1.70. The molecule has 0 saturated heterocycles. The molecule has 0 aromatic rings. The second-order valence-electron chi connectivity index (χ2n) is 5.73. The molecule has 1 aliphatic heterocycles. The number of hydrogen-bond donors (Lipinski definition) is 0. The van der Waals surface area contributed by atoms with Gasteiger partial charge in [-0.25, -0.2) is 0 Å². The van der Waals surface area contributed by atoms with Gasteiger partial charge >= 0.3 is 0 Å². The Morgan fingerprint density at radius 2 is 1.79 bits per heavy atom. The van der Waals surface area contributed by atoms with E-state index >= 15 is 0 Å². The Kier molecular flexibility index (Phi) is 2.60. The van der Waals surface area contributed by atoms with Crippen LogP contribution in [0.25, 0.3) is 0 Å². The Morgan fingerprint density at radius 3 is 2.36 bits per heavy atom. The first-order valence-electron chi connectivity index (χ1n) is 5.90. The molecule has 2 heteroatoms. The van der Waals surface area contributed by atoms with Crippen LogP contribution in [-0.2, 0) is 4.74 Å². The van der Waals surface area contributed by atoms with Crippen molar-refractivity contribution in [1.82, 2.24) is 0 Å². The van der Waals surface area contributed by atoms with Crippen molar-refractivity contribution in [1.29, 1.82) is 0 Å². The van der Waals surface area contributed by atoms with E-state index in [-0.39, 0.29) is 5.60 Å². The van der Waals surface area contributed by atoms with Gasteiger partial charge in [0.05, 0.1) is 20.3 Å². The van der Waals surface area contributed by atoms with Gasteiger partial charge in [-0.05, 0) is 12.8 Å². The Hall–Kier alpha value is -0.0831. The van der Waals surface area contributed by atoms with Crippen molar-refractivity contribution >= 4 is 8.07 Å². The molecule has 0 N–H and O–H groups in total. The second-order valence-corrected chi connectivity index (χ2v) is 10.8. The monoisotopic (exact) mass is 210 g/mol. The summed E-state index contributed by atoms with van der Waals surface area (Å²) in [6.45, 7) is 8.22. The average molecular weight is 210 g/mol. The van der Waals surface area contributed by atoms with Gasteiger partial charge in [0.1, 0.15) is 0 Å². The van der Waals surface area contributed by atoms with E-state index in [0.29, 0.717) is 0 Å². The summed E-state index contributed by atoms with van der Waals surface area (Å²) in [4.78, 5) is 0. The smallest absolute Gasteiger partial charge is 0.0862 e. The van der Waals surface area contributed by atoms with E-state index < -0.39 is 8.07 Å². The maximum Gasteiger partial charge on any atom is 0.0862 e. The van der Waals surface area contributed by atoms with Crippen LogP contribution in [0.3, 0.4) is 0 Å². The molecule has 0 unspecified atom stereocenters. The Balaban J connectivity index is 2.23. The van der Waals surface area contributed by atoms with Crippen molar-refractivity contribution < 1.29 is 4.74 Å². The molecule has 1 aliphatic carbocycles. The van der Waals surface area contributed by atoms with Crippen molar-refractivity contribution in [3.8, 4) is 0 Å². The highest BCUT2D eigenvalue weighted by atomic mass is 28.3. The minimum absolute atomic E-state index is 0.197. The average Bonchev–Trinajstić information content (AvgIpc) is 2.49. The number of ether oxygens (including phenoxy) is 1. The fraction of sp³-hybridized carbons (Fsp3) is 0.833. The van der Waals surface area contributed by atoms with E-state index in [9.17, 15) is 0 Å². The van der Waals surface area contributed by atoms with Gasteiger partial charge in [0.25, 0.3) is 0 Å². The first kappa shape index (κ1) is 10.4. The third-order valence-electron chi connectivity index (χ3n) is 3.61. The van der Waals surface area contributed by atoms with Gasteiger partial charge in [0.15, 0.2) is 0 Å². The van der Waals surface area contributed by atoms with Gasteiger partial charge in [-0.15, -0.1) is 0 Å². The van der Waals surface area contributed by atoms with Crippen LogP contribution in [0.4, 0.5) is 0 Å². The van der Waals surface area contributed by atoms with Crippen LogP contribution in [-0.4, -0.2) is 20.3 Å². The lowest BCUT2D eigenvalue weighted by Crippen LogP contribution is -2.43. The maximum atomic E-state index is 6.06. The zero-order valence-corrected chi connectivity index (χ0v) is 10.7. The predicted molar refractivity (Wildman–Crippen MR) is 63.2 cm³/mol. The van der Waals surface area contributed by atoms with Crippen molar-refractivity contribution in [2.75, 3.05) is 6.61 Å². The Morgan fingerprint density at radius 1 is 1.14 bits per heavy atom. The summed E-state index contributed by atoms with van der Waals surface area (Å²) in [6.07, 6.45) is 9.08. The van der Waals surface area contributed by atoms with Gasteiger partial charge in [-0.3, -0.25) is 0 Å². The van der Waals surface area contributed by atoms with E-state index in [1.54, 1.807) is 5.20 Å². The molecule has 2 rings (SSSR count). The van der Waals surface area contributed by atoms with Gasteiger partial charge in [0.2, 0.25) is 0 Å². The maximum absolute atomic E-state index is 6.06. The standard InChI is InChI=1S/C12H22OSi/c1-14(2,3)11-7-10-13-12(11)8-5-4-6-9-12/h7H,4-6,8-10H2,1-3H3. The normalized spacial score (nSPS) is 26.6. The number of rotatable bonds is 1. The SMILES string of the molecule is C[Si](C)(C)C1=CCOC12CCCCC2. The lowest BCUT2D eigenvalue weighted by Gasteiger charge is -2.40. The highest BCUT2D eigenvalue weighted by molar-refractivity contribution is 6.83. The molecule has 0 radical (unpaired) electrons. The van der Waals surface area contributed by atoms with Crippen LogP contribution in [0.5, 0.6) is 0 Å². The second kappa shape index (κ2) is 3.49. The summed E-state index contributed by atoms with van der Waals surface area (Å²) in [6, 6.07) is 0. The molecule has 1 fully saturated rings. The van der Waals surface area contributed by atoms with E-state index in [0.717, 1.165) is 6.61 Å². The zero-order valence-electron chi connectivity index (χ0n) is 9.73. The van der Waals surface area contributed by atoms with E-state index in [2.05, 4.69) is 25.7 Å². The Labute approximate surface area is 88.5 Å². The van der Waals surface area contributed by atoms with Crippen molar-refractivity contribution in [3.63, 3.8) is 0 Å². The highest BCUT2D eigenvalue weighted by Crippen LogP contribution is 2.44. The summed E-state index contributed by atoms with van der Waals surface area (Å²) < 4.78 is 6.06. The van der Waals surface area contributed by atoms with Gasteiger partial charge in [-0.1, -0.05) is 50.2 Å².